The average Bonchev–Trinajstić information content (AvgIpc) is 3.94. The van der Waals surface area contributed by atoms with Gasteiger partial charge in [0.15, 0.2) is 23.0 Å². The summed E-state index contributed by atoms with van der Waals surface area (Å²) in [7, 11) is 0. The van der Waals surface area contributed by atoms with Crippen LogP contribution in [0.2, 0.25) is 0 Å². The molecule has 2 aromatic heterocycles. The van der Waals surface area contributed by atoms with Gasteiger partial charge in [-0.3, -0.25) is 0 Å². The van der Waals surface area contributed by atoms with Gasteiger partial charge in [-0.1, -0.05) is 124 Å². The van der Waals surface area contributed by atoms with Crippen LogP contribution in [0.1, 0.15) is 62.8 Å². The van der Waals surface area contributed by atoms with Crippen LogP contribution in [0.3, 0.4) is 0 Å². The summed E-state index contributed by atoms with van der Waals surface area (Å²) in [5.41, 5.74) is 19.7. The zero-order valence-corrected chi connectivity index (χ0v) is 41.4. The quantitative estimate of drug-likeness (QED) is 0.165. The van der Waals surface area contributed by atoms with Gasteiger partial charge < -0.3 is 23.6 Å². The van der Waals surface area contributed by atoms with Crippen molar-refractivity contribution in [3.05, 3.63) is 186 Å². The normalized spacial score (nSPS) is 15.7. The third kappa shape index (κ3) is 5.81. The molecule has 0 radical (unpaired) electrons. The van der Waals surface area contributed by atoms with Crippen LogP contribution < -0.4 is 30.1 Å². The highest BCUT2D eigenvalue weighted by molar-refractivity contribution is 7.25. The maximum Gasteiger partial charge on any atom is 0.333 e. The SMILES string of the molecule is Cc1ccc(N2B3c4cc5c(cc4N(c4cc6c(cc4C)C(C)(C)CCC6(C)C)c4cc6c(oc7ccccc76)c(c43)-c3cc4sc6ccccc6c4cc32)Oc2ccccc2O5)c(-c2ccccc2)c1. The summed E-state index contributed by atoms with van der Waals surface area (Å²) >= 11 is 1.86. The molecule has 5 heterocycles. The fourth-order valence-corrected chi connectivity index (χ4v) is 13.7. The van der Waals surface area contributed by atoms with Crippen molar-refractivity contribution in [3.63, 3.8) is 0 Å². The van der Waals surface area contributed by atoms with E-state index in [0.717, 1.165) is 74.1 Å². The molecule has 1 aliphatic carbocycles. The summed E-state index contributed by atoms with van der Waals surface area (Å²) in [6, 6.07) is 60.2. The minimum absolute atomic E-state index is 0.0141. The highest BCUT2D eigenvalue weighted by atomic mass is 32.1. The van der Waals surface area contributed by atoms with E-state index in [4.69, 9.17) is 13.9 Å². The van der Waals surface area contributed by atoms with E-state index in [9.17, 15) is 0 Å². The lowest BCUT2D eigenvalue weighted by atomic mass is 9.43. The first-order chi connectivity index (χ1) is 34.5. The predicted octanol–water partition coefficient (Wildman–Crippen LogP) is 17.2. The molecule has 0 N–H and O–H groups in total. The van der Waals surface area contributed by atoms with E-state index in [1.54, 1.807) is 0 Å². The molecule has 0 fully saturated rings. The molecule has 71 heavy (non-hydrogen) atoms. The van der Waals surface area contributed by atoms with Gasteiger partial charge in [0.25, 0.3) is 0 Å². The number of para-hydroxylation sites is 3. The maximum atomic E-state index is 7.23. The number of ether oxygens (including phenoxy) is 2. The first-order valence-corrected chi connectivity index (χ1v) is 25.8. The lowest BCUT2D eigenvalue weighted by Gasteiger charge is -2.47. The molecule has 3 aliphatic heterocycles. The molecular formula is C64H49BN2O3S. The van der Waals surface area contributed by atoms with E-state index in [2.05, 4.69) is 191 Å². The van der Waals surface area contributed by atoms with Crippen LogP contribution in [0, 0.1) is 13.8 Å². The molecule has 11 aromatic rings. The molecule has 7 heteroatoms. The Balaban J connectivity index is 1.13. The van der Waals surface area contributed by atoms with Crippen molar-refractivity contribution in [2.24, 2.45) is 0 Å². The Morgan fingerprint density at radius 3 is 1.97 bits per heavy atom. The molecule has 0 saturated carbocycles. The van der Waals surface area contributed by atoms with Crippen LogP contribution in [0.4, 0.5) is 28.4 Å². The van der Waals surface area contributed by atoms with Gasteiger partial charge in [-0.2, -0.15) is 0 Å². The van der Waals surface area contributed by atoms with Crippen LogP contribution >= 0.6 is 11.3 Å². The van der Waals surface area contributed by atoms with Gasteiger partial charge in [-0.15, -0.1) is 11.3 Å². The second-order valence-electron chi connectivity index (χ2n) is 21.6. The monoisotopic (exact) mass is 936 g/mol. The van der Waals surface area contributed by atoms with E-state index >= 15 is 0 Å². The van der Waals surface area contributed by atoms with Crippen molar-refractivity contribution in [1.82, 2.24) is 0 Å². The molecule has 15 rings (SSSR count). The van der Waals surface area contributed by atoms with Crippen LogP contribution in [0.5, 0.6) is 23.0 Å². The molecule has 0 unspecified atom stereocenters. The third-order valence-electron chi connectivity index (χ3n) is 16.3. The standard InChI is InChI=1S/C64H49BN2O3S/c1-36-24-25-48(41(28-36)38-16-8-7-9-17-38)67-50-30-42-40-19-11-15-23-58(40)71-59(42)32-44(50)60-61-52(31-43-39-18-10-12-20-53(39)70-62(43)60)66(49-33-46-45(29-37(49)2)63(3,4)26-27-64(46,5)6)51-35-57-56(34-47(51)65(61)67)68-54-21-13-14-22-55(54)69-57/h7-25,28-35H,26-27H2,1-6H3. The highest BCUT2D eigenvalue weighted by Gasteiger charge is 2.49. The molecule has 9 aromatic carbocycles. The Kier molecular flexibility index (Phi) is 8.35. The molecule has 5 nitrogen and oxygen atoms in total. The first-order valence-electron chi connectivity index (χ1n) is 25.0. The van der Waals surface area contributed by atoms with Crippen LogP contribution in [0.25, 0.3) is 64.4 Å². The summed E-state index contributed by atoms with van der Waals surface area (Å²) in [5, 5.41) is 4.71. The predicted molar refractivity (Wildman–Crippen MR) is 297 cm³/mol. The lowest BCUT2D eigenvalue weighted by Crippen LogP contribution is -2.61. The van der Waals surface area contributed by atoms with Crippen molar-refractivity contribution >= 4 is 99.7 Å². The molecule has 0 amide bonds. The van der Waals surface area contributed by atoms with Crippen molar-refractivity contribution in [1.29, 1.82) is 0 Å². The Bertz CT molecular complexity index is 4130. The van der Waals surface area contributed by atoms with Crippen molar-refractivity contribution in [2.45, 2.75) is 65.2 Å². The van der Waals surface area contributed by atoms with Gasteiger partial charge in [0, 0.05) is 82.1 Å². The second-order valence-corrected chi connectivity index (χ2v) is 22.7. The number of aryl methyl sites for hydroxylation is 2. The first kappa shape index (κ1) is 41.1. The minimum Gasteiger partial charge on any atom is -0.455 e. The van der Waals surface area contributed by atoms with Crippen molar-refractivity contribution in [3.8, 4) is 45.3 Å². The topological polar surface area (TPSA) is 38.1 Å². The molecule has 4 aliphatic rings. The van der Waals surface area contributed by atoms with E-state index < -0.39 is 0 Å². The van der Waals surface area contributed by atoms with E-state index in [1.807, 2.05) is 35.6 Å². The zero-order valence-electron chi connectivity index (χ0n) is 40.6. The Morgan fingerprint density at radius 2 is 1.18 bits per heavy atom. The van der Waals surface area contributed by atoms with Gasteiger partial charge in [0.2, 0.25) is 0 Å². The molecule has 0 bridgehead atoms. The van der Waals surface area contributed by atoms with Gasteiger partial charge in [0.05, 0.1) is 0 Å². The summed E-state index contributed by atoms with van der Waals surface area (Å²) in [4.78, 5) is 5.21. The van der Waals surface area contributed by atoms with Crippen molar-refractivity contribution in [2.75, 3.05) is 9.71 Å². The van der Waals surface area contributed by atoms with E-state index in [-0.39, 0.29) is 17.7 Å². The number of hydrogen-bond acceptors (Lipinski definition) is 6. The summed E-state index contributed by atoms with van der Waals surface area (Å²) in [6.07, 6.45) is 2.27. The van der Waals surface area contributed by atoms with Gasteiger partial charge in [-0.05, 0) is 137 Å². The zero-order chi connectivity index (χ0) is 47.7. The maximum absolute atomic E-state index is 7.23. The molecule has 0 saturated heterocycles. The lowest BCUT2D eigenvalue weighted by molar-refractivity contribution is 0.332. The average molecular weight is 937 g/mol. The van der Waals surface area contributed by atoms with Crippen LogP contribution in [-0.4, -0.2) is 6.85 Å². The summed E-state index contributed by atoms with van der Waals surface area (Å²) in [5.74, 6) is 2.80. The minimum atomic E-state index is -0.330. The Morgan fingerprint density at radius 1 is 0.507 bits per heavy atom. The second kappa shape index (κ2) is 14.4. The number of thiophene rings is 1. The highest BCUT2D eigenvalue weighted by Crippen LogP contribution is 2.57. The largest absolute Gasteiger partial charge is 0.455 e. The summed E-state index contributed by atoms with van der Waals surface area (Å²) < 4.78 is 23.5. The number of nitrogens with zero attached hydrogens (tertiary/aromatic N) is 2. The van der Waals surface area contributed by atoms with Crippen LogP contribution in [-0.2, 0) is 10.8 Å². The van der Waals surface area contributed by atoms with Gasteiger partial charge in [-0.25, -0.2) is 0 Å². The Hall–Kier alpha value is -7.74. The fraction of sp³-hybridized carbons (Fsp3) is 0.156. The van der Waals surface area contributed by atoms with E-state index in [1.165, 1.54) is 64.7 Å². The number of rotatable bonds is 3. The number of furan rings is 1. The van der Waals surface area contributed by atoms with E-state index in [0.29, 0.717) is 23.0 Å². The number of benzene rings is 9. The van der Waals surface area contributed by atoms with Crippen LogP contribution in [0.15, 0.2) is 168 Å². The molecule has 0 atom stereocenters. The number of hydrogen-bond donors (Lipinski definition) is 0. The molecule has 0 spiro atoms. The third-order valence-corrected chi connectivity index (χ3v) is 17.4. The van der Waals surface area contributed by atoms with Gasteiger partial charge >= 0.3 is 6.85 Å². The number of anilines is 5. The fourth-order valence-electron chi connectivity index (χ4n) is 12.6. The molecular weight excluding hydrogens is 888 g/mol. The number of fused-ring (bicyclic) bond motifs is 14. The smallest absolute Gasteiger partial charge is 0.333 e. The molecule has 342 valence electrons. The van der Waals surface area contributed by atoms with Crippen molar-refractivity contribution < 1.29 is 13.9 Å². The Labute approximate surface area is 417 Å². The summed E-state index contributed by atoms with van der Waals surface area (Å²) in [6.45, 7) is 13.9. The van der Waals surface area contributed by atoms with Gasteiger partial charge in [0.1, 0.15) is 11.2 Å².